The first-order valence-corrected chi connectivity index (χ1v) is 6.23. The van der Waals surface area contributed by atoms with Crippen LogP contribution in [0.15, 0.2) is 42.5 Å². The van der Waals surface area contributed by atoms with E-state index in [2.05, 4.69) is 0 Å². The van der Waals surface area contributed by atoms with Crippen LogP contribution < -0.4 is 4.74 Å². The number of fused-ring (bicyclic) bond motifs is 1. The minimum absolute atomic E-state index is 0.336. The Labute approximate surface area is 111 Å². The summed E-state index contributed by atoms with van der Waals surface area (Å²) < 4.78 is 10.4. The number of hydrogen-bond acceptors (Lipinski definition) is 3. The van der Waals surface area contributed by atoms with Crippen molar-refractivity contribution in [2.45, 2.75) is 6.42 Å². The van der Waals surface area contributed by atoms with Gasteiger partial charge in [-0.2, -0.15) is 0 Å². The lowest BCUT2D eigenvalue weighted by atomic mass is 9.96. The zero-order chi connectivity index (χ0) is 13.2. The number of benzene rings is 2. The number of carbonyl (C=O) groups excluding carboxylic acids is 1. The fourth-order valence-electron chi connectivity index (χ4n) is 2.36. The Bertz CT molecular complexity index is 617. The molecule has 0 amide bonds. The fourth-order valence-corrected chi connectivity index (χ4v) is 2.36. The Balaban J connectivity index is 2.19. The van der Waals surface area contributed by atoms with Gasteiger partial charge in [-0.05, 0) is 28.8 Å². The second-order valence-corrected chi connectivity index (χ2v) is 4.46. The Morgan fingerprint density at radius 2 is 2.00 bits per heavy atom. The van der Waals surface area contributed by atoms with Crippen LogP contribution in [-0.4, -0.2) is 19.7 Å². The zero-order valence-corrected chi connectivity index (χ0v) is 10.7. The minimum atomic E-state index is -0.336. The lowest BCUT2D eigenvalue weighted by Crippen LogP contribution is -2.04. The van der Waals surface area contributed by atoms with E-state index in [1.807, 2.05) is 36.4 Å². The highest BCUT2D eigenvalue weighted by molar-refractivity contribution is 5.98. The van der Waals surface area contributed by atoms with Gasteiger partial charge >= 0.3 is 5.97 Å². The van der Waals surface area contributed by atoms with Gasteiger partial charge in [0.15, 0.2) is 0 Å². The molecule has 0 N–H and O–H groups in total. The number of methoxy groups -OCH3 is 1. The van der Waals surface area contributed by atoms with E-state index in [9.17, 15) is 4.79 Å². The molecule has 1 heterocycles. The van der Waals surface area contributed by atoms with Crippen molar-refractivity contribution >= 4 is 5.97 Å². The predicted molar refractivity (Wildman–Crippen MR) is 72.4 cm³/mol. The van der Waals surface area contributed by atoms with Gasteiger partial charge in [-0.25, -0.2) is 4.79 Å². The summed E-state index contributed by atoms with van der Waals surface area (Å²) in [5.41, 5.74) is 3.61. The van der Waals surface area contributed by atoms with E-state index in [-0.39, 0.29) is 5.97 Å². The van der Waals surface area contributed by atoms with Crippen LogP contribution in [0.2, 0.25) is 0 Å². The topological polar surface area (TPSA) is 35.5 Å². The zero-order valence-electron chi connectivity index (χ0n) is 10.7. The monoisotopic (exact) mass is 254 g/mol. The molecular weight excluding hydrogens is 240 g/mol. The lowest BCUT2D eigenvalue weighted by molar-refractivity contribution is 0.0601. The van der Waals surface area contributed by atoms with Gasteiger partial charge in [0.2, 0.25) is 0 Å². The molecule has 0 spiro atoms. The highest BCUT2D eigenvalue weighted by atomic mass is 16.5. The van der Waals surface area contributed by atoms with Gasteiger partial charge in [0.05, 0.1) is 19.3 Å². The third-order valence-corrected chi connectivity index (χ3v) is 3.32. The van der Waals surface area contributed by atoms with Gasteiger partial charge in [-0.3, -0.25) is 0 Å². The summed E-state index contributed by atoms with van der Waals surface area (Å²) in [5, 5.41) is 0. The highest BCUT2D eigenvalue weighted by Crippen LogP contribution is 2.34. The first kappa shape index (κ1) is 11.8. The molecule has 19 heavy (non-hydrogen) atoms. The summed E-state index contributed by atoms with van der Waals surface area (Å²) in [6, 6.07) is 13.7. The van der Waals surface area contributed by atoms with E-state index in [0.29, 0.717) is 12.2 Å². The van der Waals surface area contributed by atoms with Crippen molar-refractivity contribution in [3.8, 4) is 16.9 Å². The van der Waals surface area contributed by atoms with Crippen LogP contribution in [0.4, 0.5) is 0 Å². The van der Waals surface area contributed by atoms with Crippen LogP contribution >= 0.6 is 0 Å². The van der Waals surface area contributed by atoms with E-state index < -0.39 is 0 Å². The Morgan fingerprint density at radius 1 is 1.21 bits per heavy atom. The molecule has 96 valence electrons. The smallest absolute Gasteiger partial charge is 0.338 e. The van der Waals surface area contributed by atoms with Gasteiger partial charge in [0, 0.05) is 6.42 Å². The lowest BCUT2D eigenvalue weighted by Gasteiger charge is -2.10. The summed E-state index contributed by atoms with van der Waals surface area (Å²) in [7, 11) is 1.39. The van der Waals surface area contributed by atoms with Crippen molar-refractivity contribution in [3.63, 3.8) is 0 Å². The summed E-state index contributed by atoms with van der Waals surface area (Å²) in [6.07, 6.45) is 0.886. The van der Waals surface area contributed by atoms with Crippen LogP contribution in [0, 0.1) is 0 Å². The molecule has 0 fully saturated rings. The van der Waals surface area contributed by atoms with E-state index >= 15 is 0 Å². The molecule has 0 unspecified atom stereocenters. The normalized spacial score (nSPS) is 12.7. The van der Waals surface area contributed by atoms with Gasteiger partial charge in [0.25, 0.3) is 0 Å². The van der Waals surface area contributed by atoms with Crippen molar-refractivity contribution in [1.29, 1.82) is 0 Å². The van der Waals surface area contributed by atoms with Crippen LogP contribution in [-0.2, 0) is 11.2 Å². The molecule has 0 aliphatic carbocycles. The summed E-state index contributed by atoms with van der Waals surface area (Å²) in [5.74, 6) is 0.456. The molecule has 3 nitrogen and oxygen atoms in total. The SMILES string of the molecule is COC(=O)c1cc2c(cc1-c1ccccc1)CCO2. The Morgan fingerprint density at radius 3 is 2.74 bits per heavy atom. The molecule has 0 radical (unpaired) electrons. The third kappa shape index (κ3) is 2.08. The third-order valence-electron chi connectivity index (χ3n) is 3.32. The summed E-state index contributed by atoms with van der Waals surface area (Å²) in [4.78, 5) is 11.9. The van der Waals surface area contributed by atoms with Gasteiger partial charge < -0.3 is 9.47 Å². The standard InChI is InChI=1S/C16H14O3/c1-18-16(17)14-10-15-12(7-8-19-15)9-13(14)11-5-3-2-4-6-11/h2-6,9-10H,7-8H2,1H3. The molecule has 2 aromatic rings. The molecule has 3 heteroatoms. The van der Waals surface area contributed by atoms with E-state index in [1.54, 1.807) is 6.07 Å². The quantitative estimate of drug-likeness (QED) is 0.773. The first-order valence-electron chi connectivity index (χ1n) is 6.23. The van der Waals surface area contributed by atoms with Gasteiger partial charge in [0.1, 0.15) is 5.75 Å². The summed E-state index contributed by atoms with van der Waals surface area (Å²) >= 11 is 0. The maximum absolute atomic E-state index is 11.9. The number of ether oxygens (including phenoxy) is 2. The van der Waals surface area contributed by atoms with Crippen molar-refractivity contribution in [2.24, 2.45) is 0 Å². The number of esters is 1. The van der Waals surface area contributed by atoms with E-state index in [1.165, 1.54) is 7.11 Å². The molecular formula is C16H14O3. The molecule has 0 saturated carbocycles. The highest BCUT2D eigenvalue weighted by Gasteiger charge is 2.20. The van der Waals surface area contributed by atoms with Crippen molar-refractivity contribution in [2.75, 3.05) is 13.7 Å². The molecule has 0 atom stereocenters. The minimum Gasteiger partial charge on any atom is -0.493 e. The summed E-state index contributed by atoms with van der Waals surface area (Å²) in [6.45, 7) is 0.675. The number of rotatable bonds is 2. The molecule has 0 aromatic heterocycles. The first-order chi connectivity index (χ1) is 9.29. The van der Waals surface area contributed by atoms with Crippen LogP contribution in [0.25, 0.3) is 11.1 Å². The van der Waals surface area contributed by atoms with E-state index in [0.717, 1.165) is 28.9 Å². The number of hydrogen-bond donors (Lipinski definition) is 0. The molecule has 1 aliphatic heterocycles. The van der Waals surface area contributed by atoms with Crippen molar-refractivity contribution < 1.29 is 14.3 Å². The van der Waals surface area contributed by atoms with Gasteiger partial charge in [-0.1, -0.05) is 30.3 Å². The average molecular weight is 254 g/mol. The fraction of sp³-hybridized carbons (Fsp3) is 0.188. The Hall–Kier alpha value is -2.29. The Kier molecular flexibility index (Phi) is 2.95. The molecule has 0 saturated heterocycles. The predicted octanol–water partition coefficient (Wildman–Crippen LogP) is 3.08. The molecule has 1 aliphatic rings. The van der Waals surface area contributed by atoms with E-state index in [4.69, 9.17) is 9.47 Å². The van der Waals surface area contributed by atoms with Crippen molar-refractivity contribution in [3.05, 3.63) is 53.6 Å². The second-order valence-electron chi connectivity index (χ2n) is 4.46. The largest absolute Gasteiger partial charge is 0.493 e. The molecule has 3 rings (SSSR count). The molecule has 2 aromatic carbocycles. The number of carbonyl (C=O) groups is 1. The van der Waals surface area contributed by atoms with Gasteiger partial charge in [-0.15, -0.1) is 0 Å². The van der Waals surface area contributed by atoms with Crippen LogP contribution in [0.5, 0.6) is 5.75 Å². The second kappa shape index (κ2) is 4.76. The van der Waals surface area contributed by atoms with Crippen LogP contribution in [0.3, 0.4) is 0 Å². The van der Waals surface area contributed by atoms with Crippen molar-refractivity contribution in [1.82, 2.24) is 0 Å². The van der Waals surface area contributed by atoms with Crippen LogP contribution in [0.1, 0.15) is 15.9 Å². The maximum atomic E-state index is 11.9. The molecule has 0 bridgehead atoms. The maximum Gasteiger partial charge on any atom is 0.338 e. The average Bonchev–Trinajstić information content (AvgIpc) is 2.93.